The van der Waals surface area contributed by atoms with E-state index in [2.05, 4.69) is 23.3 Å². The average molecular weight is 390 g/mol. The summed E-state index contributed by atoms with van der Waals surface area (Å²) in [7, 11) is 1.94. The number of aryl methyl sites for hydroxylation is 2. The smallest absolute Gasteiger partial charge is 0.200 e. The molecule has 0 radical (unpaired) electrons. The molecule has 140 valence electrons. The van der Waals surface area contributed by atoms with Crippen molar-refractivity contribution in [1.82, 2.24) is 9.55 Å². The van der Waals surface area contributed by atoms with E-state index in [0.29, 0.717) is 21.8 Å². The first-order valence-corrected chi connectivity index (χ1v) is 9.55. The topological polar surface area (TPSA) is 46.9 Å². The van der Waals surface area contributed by atoms with E-state index in [4.69, 9.17) is 11.6 Å². The Hall–Kier alpha value is -3.11. The van der Waals surface area contributed by atoms with Gasteiger partial charge in [-0.15, -0.1) is 0 Å². The normalized spacial score (nSPS) is 11.0. The van der Waals surface area contributed by atoms with Crippen LogP contribution in [0.3, 0.4) is 0 Å². The summed E-state index contributed by atoms with van der Waals surface area (Å²) >= 11 is 6.01. The lowest BCUT2D eigenvalue weighted by atomic mass is 10.0. The predicted molar refractivity (Wildman–Crippen MR) is 117 cm³/mol. The third kappa shape index (κ3) is 3.27. The molecule has 0 fully saturated rings. The van der Waals surface area contributed by atoms with Gasteiger partial charge in [0.2, 0.25) is 5.43 Å². The van der Waals surface area contributed by atoms with Crippen LogP contribution in [0.1, 0.15) is 12.5 Å². The third-order valence-electron chi connectivity index (χ3n) is 4.91. The quantitative estimate of drug-likeness (QED) is 0.497. The lowest BCUT2D eigenvalue weighted by Gasteiger charge is -2.14. The van der Waals surface area contributed by atoms with E-state index in [1.807, 2.05) is 54.2 Å². The molecule has 0 saturated carbocycles. The highest BCUT2D eigenvalue weighted by Crippen LogP contribution is 2.27. The first-order valence-electron chi connectivity index (χ1n) is 9.17. The number of nitrogens with one attached hydrogen (secondary N) is 1. The monoisotopic (exact) mass is 389 g/mol. The van der Waals surface area contributed by atoms with Crippen LogP contribution >= 0.6 is 11.6 Å². The minimum absolute atomic E-state index is 0.0556. The summed E-state index contributed by atoms with van der Waals surface area (Å²) in [4.78, 5) is 17.9. The molecule has 0 unspecified atom stereocenters. The zero-order chi connectivity index (χ0) is 19.7. The maximum Gasteiger partial charge on any atom is 0.200 e. The number of aromatic nitrogens is 2. The molecule has 4 rings (SSSR count). The van der Waals surface area contributed by atoms with Gasteiger partial charge in [0.1, 0.15) is 5.82 Å². The van der Waals surface area contributed by atoms with E-state index >= 15 is 0 Å². The van der Waals surface area contributed by atoms with E-state index in [0.717, 1.165) is 23.2 Å². The summed E-state index contributed by atoms with van der Waals surface area (Å²) in [5.41, 5.74) is 4.35. The highest BCUT2D eigenvalue weighted by atomic mass is 35.5. The molecule has 4 nitrogen and oxygen atoms in total. The Bertz CT molecular complexity index is 1210. The van der Waals surface area contributed by atoms with Crippen LogP contribution in [0.15, 0.2) is 71.8 Å². The maximum absolute atomic E-state index is 13.4. The Labute approximate surface area is 168 Å². The molecule has 28 heavy (non-hydrogen) atoms. The van der Waals surface area contributed by atoms with Gasteiger partial charge in [-0.1, -0.05) is 48.9 Å². The summed E-state index contributed by atoms with van der Waals surface area (Å²) in [5.74, 6) is 0.565. The van der Waals surface area contributed by atoms with Crippen molar-refractivity contribution in [3.8, 4) is 11.1 Å². The van der Waals surface area contributed by atoms with Crippen molar-refractivity contribution in [2.75, 3.05) is 5.32 Å². The number of halogens is 1. The number of anilines is 2. The van der Waals surface area contributed by atoms with Gasteiger partial charge in [0.05, 0.1) is 10.9 Å². The Balaban J connectivity index is 1.93. The summed E-state index contributed by atoms with van der Waals surface area (Å²) in [6.45, 7) is 2.11. The van der Waals surface area contributed by atoms with Gasteiger partial charge in [-0.3, -0.25) is 4.79 Å². The number of para-hydroxylation sites is 1. The second-order valence-corrected chi connectivity index (χ2v) is 7.12. The molecule has 0 atom stereocenters. The number of rotatable bonds is 4. The van der Waals surface area contributed by atoms with Crippen molar-refractivity contribution in [2.24, 2.45) is 7.05 Å². The summed E-state index contributed by atoms with van der Waals surface area (Å²) < 4.78 is 1.96. The van der Waals surface area contributed by atoms with Crippen LogP contribution in [0.2, 0.25) is 5.02 Å². The van der Waals surface area contributed by atoms with Gasteiger partial charge in [-0.05, 0) is 41.8 Å². The van der Waals surface area contributed by atoms with Gasteiger partial charge in [-0.25, -0.2) is 4.98 Å². The van der Waals surface area contributed by atoms with Crippen molar-refractivity contribution >= 4 is 34.0 Å². The van der Waals surface area contributed by atoms with E-state index < -0.39 is 0 Å². The number of benzene rings is 2. The summed E-state index contributed by atoms with van der Waals surface area (Å²) in [6.07, 6.45) is 4.47. The zero-order valence-corrected chi connectivity index (χ0v) is 16.5. The minimum atomic E-state index is -0.0556. The number of pyridine rings is 2. The van der Waals surface area contributed by atoms with Gasteiger partial charge in [-0.2, -0.15) is 0 Å². The van der Waals surface area contributed by atoms with Crippen molar-refractivity contribution in [3.63, 3.8) is 0 Å². The van der Waals surface area contributed by atoms with Crippen LogP contribution in [0.25, 0.3) is 22.0 Å². The van der Waals surface area contributed by atoms with E-state index in [1.54, 1.807) is 18.3 Å². The minimum Gasteiger partial charge on any atom is -0.350 e. The maximum atomic E-state index is 13.4. The first-order chi connectivity index (χ1) is 13.6. The highest BCUT2D eigenvalue weighted by Gasteiger charge is 2.14. The molecular formula is C23H20ClN3O. The summed E-state index contributed by atoms with van der Waals surface area (Å²) in [5, 5.41) is 4.59. The number of fused-ring (bicyclic) bond motifs is 1. The van der Waals surface area contributed by atoms with Crippen LogP contribution in [-0.2, 0) is 13.5 Å². The van der Waals surface area contributed by atoms with Crippen molar-refractivity contribution < 1.29 is 0 Å². The molecule has 1 N–H and O–H groups in total. The number of hydrogen-bond donors (Lipinski definition) is 1. The van der Waals surface area contributed by atoms with Crippen LogP contribution in [0, 0.1) is 0 Å². The lowest BCUT2D eigenvalue weighted by molar-refractivity contribution is 0.950. The van der Waals surface area contributed by atoms with Crippen LogP contribution < -0.4 is 10.7 Å². The molecule has 2 aromatic carbocycles. The summed E-state index contributed by atoms with van der Waals surface area (Å²) in [6, 6.07) is 17.2. The first kappa shape index (κ1) is 18.3. The Kier molecular flexibility index (Phi) is 4.88. The fourth-order valence-corrected chi connectivity index (χ4v) is 3.56. The van der Waals surface area contributed by atoms with Gasteiger partial charge < -0.3 is 9.88 Å². The molecule has 0 aliphatic heterocycles. The predicted octanol–water partition coefficient (Wildman–Crippen LogP) is 5.56. The molecule has 2 heterocycles. The van der Waals surface area contributed by atoms with Crippen LogP contribution in [0.5, 0.6) is 0 Å². The molecule has 2 aromatic heterocycles. The molecular weight excluding hydrogens is 370 g/mol. The Morgan fingerprint density at radius 3 is 2.57 bits per heavy atom. The van der Waals surface area contributed by atoms with Crippen molar-refractivity contribution in [1.29, 1.82) is 0 Å². The van der Waals surface area contributed by atoms with E-state index in [-0.39, 0.29) is 5.43 Å². The van der Waals surface area contributed by atoms with Gasteiger partial charge in [0.15, 0.2) is 0 Å². The average Bonchev–Trinajstić information content (AvgIpc) is 2.72. The second kappa shape index (κ2) is 7.49. The number of nitrogens with zero attached hydrogens (tertiary/aromatic N) is 2. The molecule has 4 aromatic rings. The fraction of sp³-hybridized carbons (Fsp3) is 0.130. The standard InChI is InChI=1S/C23H20ClN3O/c1-3-15-6-4-5-7-19(15)26-23-21-20(12-13-25-23)27(2)14-18(22(21)28)16-8-10-17(24)11-9-16/h4-14H,3H2,1-2H3,(H,25,26). The van der Waals surface area contributed by atoms with Crippen molar-refractivity contribution in [2.45, 2.75) is 13.3 Å². The van der Waals surface area contributed by atoms with Gasteiger partial charge in [0, 0.05) is 35.7 Å². The molecule has 0 saturated heterocycles. The van der Waals surface area contributed by atoms with E-state index in [1.165, 1.54) is 5.56 Å². The SMILES string of the molecule is CCc1ccccc1Nc1nccc2c1c(=O)c(-c1ccc(Cl)cc1)cn2C. The molecule has 0 aliphatic rings. The zero-order valence-electron chi connectivity index (χ0n) is 15.7. The van der Waals surface area contributed by atoms with Crippen LogP contribution in [-0.4, -0.2) is 9.55 Å². The second-order valence-electron chi connectivity index (χ2n) is 6.68. The van der Waals surface area contributed by atoms with Crippen LogP contribution in [0.4, 0.5) is 11.5 Å². The third-order valence-corrected chi connectivity index (χ3v) is 5.16. The molecule has 0 spiro atoms. The van der Waals surface area contributed by atoms with Gasteiger partial charge >= 0.3 is 0 Å². The van der Waals surface area contributed by atoms with E-state index in [9.17, 15) is 4.79 Å². The molecule has 5 heteroatoms. The lowest BCUT2D eigenvalue weighted by Crippen LogP contribution is -2.13. The molecule has 0 aliphatic carbocycles. The largest absolute Gasteiger partial charge is 0.350 e. The number of hydrogen-bond acceptors (Lipinski definition) is 3. The highest BCUT2D eigenvalue weighted by molar-refractivity contribution is 6.30. The Morgan fingerprint density at radius 1 is 1.07 bits per heavy atom. The fourth-order valence-electron chi connectivity index (χ4n) is 3.43. The van der Waals surface area contributed by atoms with Crippen molar-refractivity contribution in [3.05, 3.63) is 87.8 Å². The van der Waals surface area contributed by atoms with Gasteiger partial charge in [0.25, 0.3) is 0 Å². The molecule has 0 amide bonds. The molecule has 0 bridgehead atoms. The Morgan fingerprint density at radius 2 is 1.82 bits per heavy atom.